The monoisotopic (exact) mass is 274 g/mol. The quantitative estimate of drug-likeness (QED) is 0.750. The zero-order valence-electron chi connectivity index (χ0n) is 7.97. The van der Waals surface area contributed by atoms with Crippen LogP contribution in [-0.4, -0.2) is 13.7 Å². The summed E-state index contributed by atoms with van der Waals surface area (Å²) < 4.78 is 5.98. The topological polar surface area (TPSA) is 9.23 Å². The van der Waals surface area contributed by atoms with E-state index in [1.165, 1.54) is 0 Å². The molecule has 1 nitrogen and oxygen atoms in total. The number of benzene rings is 1. The summed E-state index contributed by atoms with van der Waals surface area (Å²) >= 11 is 9.41. The van der Waals surface area contributed by atoms with E-state index in [-0.39, 0.29) is 0 Å². The van der Waals surface area contributed by atoms with Crippen molar-refractivity contribution in [2.24, 2.45) is 0 Å². The minimum atomic E-state index is 0.738. The van der Waals surface area contributed by atoms with Crippen molar-refractivity contribution in [3.8, 4) is 0 Å². The first-order valence-electron chi connectivity index (χ1n) is 4.34. The van der Waals surface area contributed by atoms with Crippen LogP contribution in [0.1, 0.15) is 12.0 Å². The molecule has 1 aromatic carbocycles. The summed E-state index contributed by atoms with van der Waals surface area (Å²) in [6, 6.07) is 5.79. The Labute approximate surface area is 97.9 Å². The highest BCUT2D eigenvalue weighted by Gasteiger charge is 1.96. The third kappa shape index (κ3) is 3.82. The van der Waals surface area contributed by atoms with Gasteiger partial charge in [-0.2, -0.15) is 0 Å². The molecule has 0 atom stereocenters. The van der Waals surface area contributed by atoms with Gasteiger partial charge in [0.05, 0.1) is 0 Å². The van der Waals surface area contributed by atoms with E-state index in [1.807, 2.05) is 24.3 Å². The zero-order valence-corrected chi connectivity index (χ0v) is 10.3. The maximum absolute atomic E-state index is 6.01. The second kappa shape index (κ2) is 6.23. The van der Waals surface area contributed by atoms with Crippen molar-refractivity contribution in [2.45, 2.75) is 6.42 Å². The maximum atomic E-state index is 6.01. The molecule has 0 spiro atoms. The Balaban J connectivity index is 2.65. The van der Waals surface area contributed by atoms with Crippen LogP contribution in [0.2, 0.25) is 5.02 Å². The van der Waals surface area contributed by atoms with E-state index in [2.05, 4.69) is 22.0 Å². The Morgan fingerprint density at radius 2 is 2.29 bits per heavy atom. The molecule has 0 bridgehead atoms. The van der Waals surface area contributed by atoms with Gasteiger partial charge in [0.15, 0.2) is 0 Å². The Morgan fingerprint density at radius 1 is 1.50 bits per heavy atom. The van der Waals surface area contributed by atoms with Gasteiger partial charge in [0.1, 0.15) is 0 Å². The van der Waals surface area contributed by atoms with E-state index in [0.717, 1.165) is 28.1 Å². The van der Waals surface area contributed by atoms with Gasteiger partial charge >= 0.3 is 0 Å². The van der Waals surface area contributed by atoms with Gasteiger partial charge in [0.2, 0.25) is 0 Å². The molecular weight excluding hydrogens is 263 g/mol. The lowest BCUT2D eigenvalue weighted by molar-refractivity contribution is 0.204. The highest BCUT2D eigenvalue weighted by atomic mass is 79.9. The van der Waals surface area contributed by atoms with Crippen molar-refractivity contribution in [3.63, 3.8) is 0 Å². The summed E-state index contributed by atoms with van der Waals surface area (Å²) in [5.41, 5.74) is 1.03. The third-order valence-corrected chi connectivity index (χ3v) is 2.58. The lowest BCUT2D eigenvalue weighted by atomic mass is 10.2. The lowest BCUT2D eigenvalue weighted by Gasteiger charge is -1.98. The van der Waals surface area contributed by atoms with E-state index in [1.54, 1.807) is 7.11 Å². The van der Waals surface area contributed by atoms with Crippen LogP contribution in [0, 0.1) is 0 Å². The fourth-order valence-corrected chi connectivity index (χ4v) is 1.60. The van der Waals surface area contributed by atoms with Crippen molar-refractivity contribution in [2.75, 3.05) is 13.7 Å². The Hall–Kier alpha value is -0.310. The zero-order chi connectivity index (χ0) is 10.4. The van der Waals surface area contributed by atoms with Gasteiger partial charge < -0.3 is 4.74 Å². The largest absolute Gasteiger partial charge is 0.384 e. The SMILES string of the molecule is COCCC=Cc1cc(Br)ccc1Cl. The van der Waals surface area contributed by atoms with Crippen LogP contribution >= 0.6 is 27.5 Å². The normalized spacial score (nSPS) is 11.1. The Bertz CT molecular complexity index is 323. The second-order valence-electron chi connectivity index (χ2n) is 2.85. The van der Waals surface area contributed by atoms with Gasteiger partial charge in [-0.05, 0) is 30.2 Å². The van der Waals surface area contributed by atoms with E-state index in [4.69, 9.17) is 16.3 Å². The highest BCUT2D eigenvalue weighted by Crippen LogP contribution is 2.22. The molecule has 3 heteroatoms. The molecule has 14 heavy (non-hydrogen) atoms. The number of halogens is 2. The summed E-state index contributed by atoms with van der Waals surface area (Å²) in [6.07, 6.45) is 4.96. The summed E-state index contributed by atoms with van der Waals surface area (Å²) in [5.74, 6) is 0. The summed E-state index contributed by atoms with van der Waals surface area (Å²) in [7, 11) is 1.69. The minimum absolute atomic E-state index is 0.738. The first-order chi connectivity index (χ1) is 6.74. The van der Waals surface area contributed by atoms with Gasteiger partial charge in [0, 0.05) is 23.2 Å². The van der Waals surface area contributed by atoms with Crippen LogP contribution < -0.4 is 0 Å². The van der Waals surface area contributed by atoms with Crippen LogP contribution in [0.25, 0.3) is 6.08 Å². The summed E-state index contributed by atoms with van der Waals surface area (Å²) in [6.45, 7) is 0.738. The van der Waals surface area contributed by atoms with E-state index in [9.17, 15) is 0 Å². The number of ether oxygens (including phenoxy) is 1. The summed E-state index contributed by atoms with van der Waals surface area (Å²) in [4.78, 5) is 0. The third-order valence-electron chi connectivity index (χ3n) is 1.74. The Kier molecular flexibility index (Phi) is 5.23. The van der Waals surface area contributed by atoms with Crippen LogP contribution in [0.3, 0.4) is 0 Å². The van der Waals surface area contributed by atoms with Gasteiger partial charge in [0.25, 0.3) is 0 Å². The number of hydrogen-bond acceptors (Lipinski definition) is 1. The van der Waals surface area contributed by atoms with Gasteiger partial charge in [-0.25, -0.2) is 0 Å². The molecule has 0 aliphatic carbocycles. The molecule has 0 heterocycles. The average Bonchev–Trinajstić information content (AvgIpc) is 2.18. The van der Waals surface area contributed by atoms with Gasteiger partial charge in [-0.15, -0.1) is 0 Å². The van der Waals surface area contributed by atoms with Crippen molar-refractivity contribution in [1.82, 2.24) is 0 Å². The molecule has 1 rings (SSSR count). The molecule has 1 aromatic rings. The first-order valence-corrected chi connectivity index (χ1v) is 5.51. The fraction of sp³-hybridized carbons (Fsp3) is 0.273. The molecule has 0 aromatic heterocycles. The predicted molar refractivity (Wildman–Crippen MR) is 64.7 cm³/mol. The molecule has 76 valence electrons. The van der Waals surface area contributed by atoms with Crippen LogP contribution in [-0.2, 0) is 4.74 Å². The molecule has 0 N–H and O–H groups in total. The smallest absolute Gasteiger partial charge is 0.0496 e. The molecule has 0 aliphatic rings. The molecule has 0 unspecified atom stereocenters. The van der Waals surface area contributed by atoms with E-state index in [0.29, 0.717) is 0 Å². The maximum Gasteiger partial charge on any atom is 0.0496 e. The molecule has 0 saturated heterocycles. The first kappa shape index (κ1) is 11.8. The average molecular weight is 276 g/mol. The van der Waals surface area contributed by atoms with Crippen molar-refractivity contribution in [1.29, 1.82) is 0 Å². The summed E-state index contributed by atoms with van der Waals surface area (Å²) in [5, 5.41) is 0.766. The van der Waals surface area contributed by atoms with E-state index < -0.39 is 0 Å². The molecule has 0 fully saturated rings. The standard InChI is InChI=1S/C11H12BrClO/c1-14-7-3-2-4-9-8-10(12)5-6-11(9)13/h2,4-6,8H,3,7H2,1H3. The number of methoxy groups -OCH3 is 1. The van der Waals surface area contributed by atoms with Crippen LogP contribution in [0.4, 0.5) is 0 Å². The second-order valence-corrected chi connectivity index (χ2v) is 4.17. The molecule has 0 aliphatic heterocycles. The van der Waals surface area contributed by atoms with Crippen LogP contribution in [0.15, 0.2) is 28.7 Å². The minimum Gasteiger partial charge on any atom is -0.384 e. The van der Waals surface area contributed by atoms with Crippen molar-refractivity contribution >= 4 is 33.6 Å². The van der Waals surface area contributed by atoms with Crippen molar-refractivity contribution < 1.29 is 4.74 Å². The lowest BCUT2D eigenvalue weighted by Crippen LogP contribution is -1.83. The van der Waals surface area contributed by atoms with Gasteiger partial charge in [-0.1, -0.05) is 39.7 Å². The predicted octanol–water partition coefficient (Wildman–Crippen LogP) is 4.15. The van der Waals surface area contributed by atoms with E-state index >= 15 is 0 Å². The highest BCUT2D eigenvalue weighted by molar-refractivity contribution is 9.10. The van der Waals surface area contributed by atoms with Gasteiger partial charge in [-0.3, -0.25) is 0 Å². The molecule has 0 saturated carbocycles. The fourth-order valence-electron chi connectivity index (χ4n) is 1.04. The number of hydrogen-bond donors (Lipinski definition) is 0. The Morgan fingerprint density at radius 3 is 3.00 bits per heavy atom. The van der Waals surface area contributed by atoms with Crippen LogP contribution in [0.5, 0.6) is 0 Å². The molecule has 0 radical (unpaired) electrons. The molecule has 0 amide bonds. The van der Waals surface area contributed by atoms with Crippen molar-refractivity contribution in [3.05, 3.63) is 39.3 Å². The molecular formula is C11H12BrClO. The number of rotatable bonds is 4.